The van der Waals surface area contributed by atoms with Crippen molar-refractivity contribution in [1.82, 2.24) is 10.2 Å². The van der Waals surface area contributed by atoms with E-state index < -0.39 is 28.5 Å². The molecule has 0 saturated heterocycles. The van der Waals surface area contributed by atoms with Gasteiger partial charge < -0.3 is 10.2 Å². The van der Waals surface area contributed by atoms with Crippen LogP contribution in [0.5, 0.6) is 0 Å². The average Bonchev–Trinajstić information content (AvgIpc) is 2.91. The SMILES string of the molecule is CCCCNC(=O)[C@@H](Cc1ccccc1)N(Cc1ccccc1)C(=O)CN(c1cc(Cl)ccc1C)S(C)(=O)=O. The highest BCUT2D eigenvalue weighted by Gasteiger charge is 2.33. The van der Waals surface area contributed by atoms with Crippen molar-refractivity contribution in [3.05, 3.63) is 101 Å². The van der Waals surface area contributed by atoms with Gasteiger partial charge in [0.2, 0.25) is 21.8 Å². The van der Waals surface area contributed by atoms with E-state index in [1.54, 1.807) is 19.1 Å². The molecule has 0 aliphatic rings. The van der Waals surface area contributed by atoms with Crippen LogP contribution in [-0.2, 0) is 32.6 Å². The lowest BCUT2D eigenvalue weighted by molar-refractivity contribution is -0.140. The number of anilines is 1. The molecule has 0 unspecified atom stereocenters. The summed E-state index contributed by atoms with van der Waals surface area (Å²) in [6, 6.07) is 22.9. The molecule has 0 aliphatic heterocycles. The summed E-state index contributed by atoms with van der Waals surface area (Å²) in [5.41, 5.74) is 2.70. The number of benzene rings is 3. The molecule has 0 fully saturated rings. The Kier molecular flexibility index (Phi) is 10.9. The zero-order valence-corrected chi connectivity index (χ0v) is 24.2. The lowest BCUT2D eigenvalue weighted by Gasteiger charge is -2.34. The molecule has 0 aromatic heterocycles. The van der Waals surface area contributed by atoms with Gasteiger partial charge in [0.15, 0.2) is 0 Å². The Balaban J connectivity index is 2.04. The molecular formula is C30H36ClN3O4S. The Morgan fingerprint density at radius 2 is 1.56 bits per heavy atom. The molecule has 1 N–H and O–H groups in total. The predicted octanol–water partition coefficient (Wildman–Crippen LogP) is 4.97. The van der Waals surface area contributed by atoms with Crippen LogP contribution in [0.25, 0.3) is 0 Å². The maximum Gasteiger partial charge on any atom is 0.244 e. The van der Waals surface area contributed by atoms with E-state index in [9.17, 15) is 18.0 Å². The molecule has 1 atom stereocenters. The molecule has 39 heavy (non-hydrogen) atoms. The number of aryl methyl sites for hydroxylation is 1. The van der Waals surface area contributed by atoms with Crippen LogP contribution < -0.4 is 9.62 Å². The van der Waals surface area contributed by atoms with E-state index in [-0.39, 0.29) is 18.9 Å². The fraction of sp³-hybridized carbons (Fsp3) is 0.333. The summed E-state index contributed by atoms with van der Waals surface area (Å²) in [7, 11) is -3.85. The number of rotatable bonds is 13. The second-order valence-corrected chi connectivity index (χ2v) is 11.9. The van der Waals surface area contributed by atoms with Crippen molar-refractivity contribution in [2.24, 2.45) is 0 Å². The third-order valence-corrected chi connectivity index (χ3v) is 7.78. The average molecular weight is 570 g/mol. The van der Waals surface area contributed by atoms with Gasteiger partial charge in [-0.1, -0.05) is 91.7 Å². The first-order valence-corrected chi connectivity index (χ1v) is 15.2. The van der Waals surface area contributed by atoms with Crippen molar-refractivity contribution in [2.45, 2.75) is 45.7 Å². The van der Waals surface area contributed by atoms with Crippen molar-refractivity contribution in [3.8, 4) is 0 Å². The number of sulfonamides is 1. The summed E-state index contributed by atoms with van der Waals surface area (Å²) >= 11 is 6.19. The quantitative estimate of drug-likeness (QED) is 0.294. The third-order valence-electron chi connectivity index (χ3n) is 6.42. The minimum absolute atomic E-state index is 0.143. The van der Waals surface area contributed by atoms with Gasteiger partial charge in [-0.25, -0.2) is 8.42 Å². The molecule has 0 heterocycles. The number of hydrogen-bond acceptors (Lipinski definition) is 4. The largest absolute Gasteiger partial charge is 0.354 e. The van der Waals surface area contributed by atoms with Gasteiger partial charge in [-0.3, -0.25) is 13.9 Å². The number of unbranched alkanes of at least 4 members (excludes halogenated alkanes) is 1. The molecule has 0 bridgehead atoms. The Hall–Kier alpha value is -3.36. The van der Waals surface area contributed by atoms with Crippen LogP contribution in [-0.4, -0.2) is 50.5 Å². The van der Waals surface area contributed by atoms with Gasteiger partial charge in [0.1, 0.15) is 12.6 Å². The minimum Gasteiger partial charge on any atom is -0.354 e. The van der Waals surface area contributed by atoms with Gasteiger partial charge in [0.25, 0.3) is 0 Å². The van der Waals surface area contributed by atoms with Gasteiger partial charge in [-0.2, -0.15) is 0 Å². The molecule has 3 aromatic rings. The van der Waals surface area contributed by atoms with E-state index >= 15 is 0 Å². The number of nitrogens with one attached hydrogen (secondary N) is 1. The van der Waals surface area contributed by atoms with E-state index in [4.69, 9.17) is 11.6 Å². The van der Waals surface area contributed by atoms with Crippen LogP contribution >= 0.6 is 11.6 Å². The Morgan fingerprint density at radius 3 is 2.15 bits per heavy atom. The van der Waals surface area contributed by atoms with E-state index in [0.717, 1.165) is 34.5 Å². The van der Waals surface area contributed by atoms with Crippen molar-refractivity contribution in [2.75, 3.05) is 23.7 Å². The summed E-state index contributed by atoms with van der Waals surface area (Å²) in [5.74, 6) is -0.767. The third kappa shape index (κ3) is 8.83. The molecular weight excluding hydrogens is 534 g/mol. The number of nitrogens with zero attached hydrogens (tertiary/aromatic N) is 2. The van der Waals surface area contributed by atoms with Crippen molar-refractivity contribution >= 4 is 39.1 Å². The molecule has 0 radical (unpaired) electrons. The molecule has 208 valence electrons. The maximum absolute atomic E-state index is 14.0. The monoisotopic (exact) mass is 569 g/mol. The maximum atomic E-state index is 14.0. The summed E-state index contributed by atoms with van der Waals surface area (Å²) in [6.07, 6.45) is 3.07. The lowest BCUT2D eigenvalue weighted by atomic mass is 10.0. The van der Waals surface area contributed by atoms with Crippen LogP contribution in [0, 0.1) is 6.92 Å². The molecule has 9 heteroatoms. The number of hydrogen-bond donors (Lipinski definition) is 1. The van der Waals surface area contributed by atoms with Crippen molar-refractivity contribution in [1.29, 1.82) is 0 Å². The van der Waals surface area contributed by atoms with Gasteiger partial charge >= 0.3 is 0 Å². The summed E-state index contributed by atoms with van der Waals surface area (Å²) in [4.78, 5) is 29.1. The minimum atomic E-state index is -3.85. The van der Waals surface area contributed by atoms with E-state index in [1.807, 2.05) is 67.6 Å². The highest BCUT2D eigenvalue weighted by Crippen LogP contribution is 2.27. The summed E-state index contributed by atoms with van der Waals surface area (Å²) in [5, 5.41) is 3.33. The first kappa shape index (κ1) is 30.2. The predicted molar refractivity (Wildman–Crippen MR) is 157 cm³/mol. The fourth-order valence-corrected chi connectivity index (χ4v) is 5.35. The highest BCUT2D eigenvalue weighted by molar-refractivity contribution is 7.92. The number of halogens is 1. The molecule has 3 aromatic carbocycles. The topological polar surface area (TPSA) is 86.8 Å². The van der Waals surface area contributed by atoms with Crippen LogP contribution in [0.1, 0.15) is 36.5 Å². The molecule has 2 amide bonds. The normalized spacial score (nSPS) is 12.0. The van der Waals surface area contributed by atoms with Crippen LogP contribution in [0.15, 0.2) is 78.9 Å². The Morgan fingerprint density at radius 1 is 0.949 bits per heavy atom. The Bertz CT molecular complexity index is 1350. The Labute approximate surface area is 236 Å². The van der Waals surface area contributed by atoms with Gasteiger partial charge in [0.05, 0.1) is 11.9 Å². The molecule has 0 aliphatic carbocycles. The van der Waals surface area contributed by atoms with Gasteiger partial charge in [0, 0.05) is 24.5 Å². The second kappa shape index (κ2) is 14.1. The fourth-order valence-electron chi connectivity index (χ4n) is 4.29. The molecule has 3 rings (SSSR count). The van der Waals surface area contributed by atoms with E-state index in [2.05, 4.69) is 5.32 Å². The first-order chi connectivity index (χ1) is 18.6. The van der Waals surface area contributed by atoms with E-state index in [1.165, 1.54) is 11.0 Å². The summed E-state index contributed by atoms with van der Waals surface area (Å²) in [6.45, 7) is 3.96. The van der Waals surface area contributed by atoms with Gasteiger partial charge in [-0.05, 0) is 42.2 Å². The second-order valence-electron chi connectivity index (χ2n) is 9.56. The van der Waals surface area contributed by atoms with Crippen molar-refractivity contribution in [3.63, 3.8) is 0 Å². The zero-order chi connectivity index (χ0) is 28.4. The van der Waals surface area contributed by atoms with Crippen molar-refractivity contribution < 1.29 is 18.0 Å². The highest BCUT2D eigenvalue weighted by atomic mass is 35.5. The number of amides is 2. The lowest BCUT2D eigenvalue weighted by Crippen LogP contribution is -2.53. The van der Waals surface area contributed by atoms with Gasteiger partial charge in [-0.15, -0.1) is 0 Å². The molecule has 0 saturated carbocycles. The number of carbonyl (C=O) groups is 2. The smallest absolute Gasteiger partial charge is 0.244 e. The summed E-state index contributed by atoms with van der Waals surface area (Å²) < 4.78 is 26.9. The van der Waals surface area contributed by atoms with Crippen LogP contribution in [0.3, 0.4) is 0 Å². The number of carbonyl (C=O) groups excluding carboxylic acids is 2. The molecule has 7 nitrogen and oxygen atoms in total. The molecule has 0 spiro atoms. The van der Waals surface area contributed by atoms with Crippen LogP contribution in [0.2, 0.25) is 5.02 Å². The van der Waals surface area contributed by atoms with E-state index in [0.29, 0.717) is 22.8 Å². The van der Waals surface area contributed by atoms with Crippen LogP contribution in [0.4, 0.5) is 5.69 Å². The standard InChI is InChI=1S/C30H36ClN3O4S/c1-4-5-18-32-30(36)28(19-24-12-8-6-9-13-24)33(21-25-14-10-7-11-15-25)29(35)22-34(39(3,37)38)27-20-26(31)17-16-23(27)2/h6-17,20,28H,4-5,18-19,21-22H2,1-3H3,(H,32,36)/t28-/m1/s1. The first-order valence-electron chi connectivity index (χ1n) is 13.0. The zero-order valence-electron chi connectivity index (χ0n) is 22.6.